The van der Waals surface area contributed by atoms with Crippen molar-refractivity contribution in [2.24, 2.45) is 5.73 Å². The summed E-state index contributed by atoms with van der Waals surface area (Å²) in [5, 5.41) is 2.86. The molecular weight excluding hydrogens is 296 g/mol. The Bertz CT molecular complexity index is 437. The van der Waals surface area contributed by atoms with Gasteiger partial charge in [-0.3, -0.25) is 4.79 Å². The molecule has 0 radical (unpaired) electrons. The Morgan fingerprint density at radius 3 is 3.06 bits per heavy atom. The number of ether oxygens (including phenoxy) is 1. The predicted molar refractivity (Wildman–Crippen MR) is 73.3 cm³/mol. The summed E-state index contributed by atoms with van der Waals surface area (Å²) in [5.74, 6) is 0.668. The van der Waals surface area contributed by atoms with Gasteiger partial charge in [0.2, 0.25) is 0 Å². The molecule has 1 fully saturated rings. The van der Waals surface area contributed by atoms with Crippen molar-refractivity contribution in [3.8, 4) is 5.75 Å². The van der Waals surface area contributed by atoms with E-state index >= 15 is 0 Å². The lowest BCUT2D eigenvalue weighted by Crippen LogP contribution is -2.36. The fraction of sp³-hybridized carbons (Fsp3) is 0.462. The van der Waals surface area contributed by atoms with Crippen LogP contribution in [0.2, 0.25) is 0 Å². The molecule has 0 bridgehead atoms. The number of nitrogens with two attached hydrogens (primary N) is 1. The van der Waals surface area contributed by atoms with E-state index in [0.717, 1.165) is 35.8 Å². The lowest BCUT2D eigenvalue weighted by Gasteiger charge is -2.18. The van der Waals surface area contributed by atoms with Crippen LogP contribution in [0.15, 0.2) is 22.7 Å². The fourth-order valence-corrected chi connectivity index (χ4v) is 2.41. The second-order valence-electron chi connectivity index (χ2n) is 4.35. The van der Waals surface area contributed by atoms with Crippen LogP contribution >= 0.6 is 15.9 Å². The standard InChI is InChI=1S/C13H17BrN2O2/c14-10-4-5-11(9(7-10)8-15)18-12-3-1-2-6-16-13(12)17/h4-5,7,12H,1-3,6,8,15H2,(H,16,17). The van der Waals surface area contributed by atoms with E-state index in [-0.39, 0.29) is 5.91 Å². The molecule has 1 unspecified atom stereocenters. The van der Waals surface area contributed by atoms with Crippen molar-refractivity contribution < 1.29 is 9.53 Å². The minimum absolute atomic E-state index is 0.0293. The first-order valence-electron chi connectivity index (χ1n) is 6.13. The zero-order valence-corrected chi connectivity index (χ0v) is 11.7. The maximum absolute atomic E-state index is 11.8. The van der Waals surface area contributed by atoms with Crippen molar-refractivity contribution in [2.45, 2.75) is 31.9 Å². The van der Waals surface area contributed by atoms with Crippen LogP contribution in [0.3, 0.4) is 0 Å². The van der Waals surface area contributed by atoms with Gasteiger partial charge in [0, 0.05) is 23.1 Å². The smallest absolute Gasteiger partial charge is 0.261 e. The molecular formula is C13H17BrN2O2. The fourth-order valence-electron chi connectivity index (χ4n) is 2.00. The van der Waals surface area contributed by atoms with Crippen LogP contribution in [-0.2, 0) is 11.3 Å². The number of carbonyl (C=O) groups is 1. The second kappa shape index (κ2) is 6.20. The normalized spacial score (nSPS) is 20.1. The average molecular weight is 313 g/mol. The molecule has 1 amide bonds. The first kappa shape index (κ1) is 13.4. The molecule has 0 spiro atoms. The first-order chi connectivity index (χ1) is 8.70. The van der Waals surface area contributed by atoms with Crippen LogP contribution in [0, 0.1) is 0 Å². The number of amides is 1. The maximum Gasteiger partial charge on any atom is 0.261 e. The molecule has 18 heavy (non-hydrogen) atoms. The number of carbonyl (C=O) groups excluding carboxylic acids is 1. The van der Waals surface area contributed by atoms with Gasteiger partial charge >= 0.3 is 0 Å². The summed E-state index contributed by atoms with van der Waals surface area (Å²) in [6, 6.07) is 5.66. The molecule has 1 aromatic rings. The second-order valence-corrected chi connectivity index (χ2v) is 5.27. The topological polar surface area (TPSA) is 64.3 Å². The van der Waals surface area contributed by atoms with E-state index in [0.29, 0.717) is 12.3 Å². The number of hydrogen-bond acceptors (Lipinski definition) is 3. The van der Waals surface area contributed by atoms with Crippen LogP contribution in [0.5, 0.6) is 5.75 Å². The van der Waals surface area contributed by atoms with E-state index in [4.69, 9.17) is 10.5 Å². The van der Waals surface area contributed by atoms with Gasteiger partial charge in [0.05, 0.1) is 0 Å². The highest BCUT2D eigenvalue weighted by atomic mass is 79.9. The molecule has 1 aromatic carbocycles. The largest absolute Gasteiger partial charge is 0.480 e. The minimum Gasteiger partial charge on any atom is -0.480 e. The summed E-state index contributed by atoms with van der Waals surface area (Å²) in [7, 11) is 0. The van der Waals surface area contributed by atoms with Crippen molar-refractivity contribution in [1.29, 1.82) is 0 Å². The number of nitrogens with one attached hydrogen (secondary N) is 1. The Balaban J connectivity index is 2.14. The van der Waals surface area contributed by atoms with Crippen LogP contribution in [0.25, 0.3) is 0 Å². The van der Waals surface area contributed by atoms with Crippen molar-refractivity contribution in [3.05, 3.63) is 28.2 Å². The van der Waals surface area contributed by atoms with E-state index < -0.39 is 6.10 Å². The van der Waals surface area contributed by atoms with Crippen LogP contribution in [0.4, 0.5) is 0 Å². The molecule has 1 saturated heterocycles. The lowest BCUT2D eigenvalue weighted by molar-refractivity contribution is -0.127. The molecule has 5 heteroatoms. The van der Waals surface area contributed by atoms with Crippen LogP contribution in [0.1, 0.15) is 24.8 Å². The highest BCUT2D eigenvalue weighted by Gasteiger charge is 2.23. The quantitative estimate of drug-likeness (QED) is 0.896. The average Bonchev–Trinajstić information content (AvgIpc) is 2.57. The van der Waals surface area contributed by atoms with Crippen molar-refractivity contribution >= 4 is 21.8 Å². The third-order valence-corrected chi connectivity index (χ3v) is 3.49. The third-order valence-electron chi connectivity index (χ3n) is 3.00. The summed E-state index contributed by atoms with van der Waals surface area (Å²) in [6.45, 7) is 1.13. The molecule has 1 aliphatic rings. The minimum atomic E-state index is -0.404. The Labute approximate surface area is 115 Å². The SMILES string of the molecule is NCc1cc(Br)ccc1OC1CCCCNC1=O. The lowest BCUT2D eigenvalue weighted by atomic mass is 10.1. The van der Waals surface area contributed by atoms with Gasteiger partial charge in [-0.15, -0.1) is 0 Å². The summed E-state index contributed by atoms with van der Waals surface area (Å²) in [4.78, 5) is 11.8. The van der Waals surface area contributed by atoms with Gasteiger partial charge in [-0.05, 0) is 37.5 Å². The van der Waals surface area contributed by atoms with Crippen molar-refractivity contribution in [1.82, 2.24) is 5.32 Å². The van der Waals surface area contributed by atoms with E-state index in [1.165, 1.54) is 0 Å². The van der Waals surface area contributed by atoms with Gasteiger partial charge in [0.15, 0.2) is 6.10 Å². The maximum atomic E-state index is 11.8. The zero-order valence-electron chi connectivity index (χ0n) is 10.1. The Kier molecular flexibility index (Phi) is 4.60. The van der Waals surface area contributed by atoms with Crippen LogP contribution in [-0.4, -0.2) is 18.6 Å². The zero-order chi connectivity index (χ0) is 13.0. The number of halogens is 1. The first-order valence-corrected chi connectivity index (χ1v) is 6.93. The van der Waals surface area contributed by atoms with E-state index in [2.05, 4.69) is 21.2 Å². The van der Waals surface area contributed by atoms with Gasteiger partial charge in [-0.25, -0.2) is 0 Å². The number of benzene rings is 1. The highest BCUT2D eigenvalue weighted by molar-refractivity contribution is 9.10. The molecule has 0 aliphatic carbocycles. The molecule has 1 atom stereocenters. The Morgan fingerprint density at radius 1 is 1.44 bits per heavy atom. The third kappa shape index (κ3) is 3.23. The molecule has 98 valence electrons. The number of hydrogen-bond donors (Lipinski definition) is 2. The van der Waals surface area contributed by atoms with Crippen LogP contribution < -0.4 is 15.8 Å². The van der Waals surface area contributed by atoms with E-state index in [1.54, 1.807) is 0 Å². The number of rotatable bonds is 3. The Hall–Kier alpha value is -1.07. The highest BCUT2D eigenvalue weighted by Crippen LogP contribution is 2.25. The van der Waals surface area contributed by atoms with E-state index in [9.17, 15) is 4.79 Å². The molecule has 1 heterocycles. The molecule has 0 saturated carbocycles. The summed E-state index contributed by atoms with van der Waals surface area (Å²) in [5.41, 5.74) is 6.59. The van der Waals surface area contributed by atoms with Crippen molar-refractivity contribution in [2.75, 3.05) is 6.54 Å². The van der Waals surface area contributed by atoms with Crippen molar-refractivity contribution in [3.63, 3.8) is 0 Å². The molecule has 4 nitrogen and oxygen atoms in total. The summed E-state index contributed by atoms with van der Waals surface area (Å²) >= 11 is 3.40. The van der Waals surface area contributed by atoms with Gasteiger partial charge in [0.1, 0.15) is 5.75 Å². The van der Waals surface area contributed by atoms with Gasteiger partial charge < -0.3 is 15.8 Å². The predicted octanol–water partition coefficient (Wildman–Crippen LogP) is 1.96. The van der Waals surface area contributed by atoms with E-state index in [1.807, 2.05) is 18.2 Å². The molecule has 2 rings (SSSR count). The summed E-state index contributed by atoms with van der Waals surface area (Å²) < 4.78 is 6.77. The molecule has 1 aliphatic heterocycles. The van der Waals surface area contributed by atoms with Gasteiger partial charge in [-0.1, -0.05) is 15.9 Å². The monoisotopic (exact) mass is 312 g/mol. The summed E-state index contributed by atoms with van der Waals surface area (Å²) in [6.07, 6.45) is 2.36. The van der Waals surface area contributed by atoms with Gasteiger partial charge in [0.25, 0.3) is 5.91 Å². The van der Waals surface area contributed by atoms with Gasteiger partial charge in [-0.2, -0.15) is 0 Å². The molecule has 3 N–H and O–H groups in total. The molecule has 0 aromatic heterocycles. The Morgan fingerprint density at radius 2 is 2.28 bits per heavy atom.